The molecule has 3 N–H and O–H groups in total. The molecule has 0 bridgehead atoms. The van der Waals surface area contributed by atoms with Crippen molar-refractivity contribution in [2.45, 2.75) is 46.0 Å². The Bertz CT molecular complexity index is 1550. The number of rotatable bonds is 6. The van der Waals surface area contributed by atoms with E-state index in [9.17, 15) is 9.59 Å². The van der Waals surface area contributed by atoms with Gasteiger partial charge in [0.25, 0.3) is 11.8 Å². The Morgan fingerprint density at radius 3 is 2.68 bits per heavy atom. The molecule has 1 unspecified atom stereocenters. The molecule has 8 heteroatoms. The van der Waals surface area contributed by atoms with Gasteiger partial charge in [0.05, 0.1) is 27.4 Å². The summed E-state index contributed by atoms with van der Waals surface area (Å²) in [5, 5.41) is 5.26. The molecule has 0 fully saturated rings. The summed E-state index contributed by atoms with van der Waals surface area (Å²) in [6.07, 6.45) is 5.04. The van der Waals surface area contributed by atoms with E-state index in [0.29, 0.717) is 54.4 Å². The van der Waals surface area contributed by atoms with Gasteiger partial charge >= 0.3 is 0 Å². The van der Waals surface area contributed by atoms with Crippen LogP contribution in [0, 0.1) is 12.8 Å². The first kappa shape index (κ1) is 25.7. The van der Waals surface area contributed by atoms with Gasteiger partial charge in [0.1, 0.15) is 5.00 Å². The molecule has 0 spiro atoms. The van der Waals surface area contributed by atoms with Crippen molar-refractivity contribution in [1.29, 1.82) is 0 Å². The van der Waals surface area contributed by atoms with Gasteiger partial charge in [-0.3, -0.25) is 9.59 Å². The fraction of sp³-hybridized carbons (Fsp3) is 0.276. The van der Waals surface area contributed by atoms with Gasteiger partial charge in [-0.15, -0.1) is 11.3 Å². The highest BCUT2D eigenvalue weighted by molar-refractivity contribution is 7.17. The van der Waals surface area contributed by atoms with Crippen LogP contribution in [-0.4, -0.2) is 16.8 Å². The summed E-state index contributed by atoms with van der Waals surface area (Å²) >= 11 is 14.1. The molecule has 2 aromatic carbocycles. The van der Waals surface area contributed by atoms with E-state index in [2.05, 4.69) is 12.2 Å². The van der Waals surface area contributed by atoms with Gasteiger partial charge in [-0.25, -0.2) is 4.98 Å². The van der Waals surface area contributed by atoms with Gasteiger partial charge < -0.3 is 11.1 Å². The van der Waals surface area contributed by atoms with Crippen LogP contribution in [0.1, 0.15) is 62.9 Å². The van der Waals surface area contributed by atoms with Crippen LogP contribution < -0.4 is 11.1 Å². The number of carbonyl (C=O) groups is 2. The Balaban J connectivity index is 1.60. The fourth-order valence-electron chi connectivity index (χ4n) is 5.37. The molecular formula is C29H27Cl2N3O2S. The Morgan fingerprint density at radius 2 is 1.95 bits per heavy atom. The van der Waals surface area contributed by atoms with E-state index in [1.165, 1.54) is 11.3 Å². The molecule has 37 heavy (non-hydrogen) atoms. The van der Waals surface area contributed by atoms with Gasteiger partial charge in [-0.2, -0.15) is 0 Å². The smallest absolute Gasteiger partial charge is 0.257 e. The summed E-state index contributed by atoms with van der Waals surface area (Å²) < 4.78 is 0. The van der Waals surface area contributed by atoms with Gasteiger partial charge in [-0.1, -0.05) is 61.2 Å². The lowest BCUT2D eigenvalue weighted by atomic mass is 9.84. The summed E-state index contributed by atoms with van der Waals surface area (Å²) in [4.78, 5) is 32.4. The number of nitrogens with one attached hydrogen (secondary N) is 1. The van der Waals surface area contributed by atoms with Crippen molar-refractivity contribution in [1.82, 2.24) is 4.98 Å². The zero-order valence-electron chi connectivity index (χ0n) is 20.7. The second-order valence-corrected chi connectivity index (χ2v) is 11.5. The molecule has 0 aliphatic heterocycles. The standard InChI is InChI=1S/C29H27Cl2N3O2S/c1-3-6-16-9-11-20-23(13-16)37-29(25(20)27(32)35)34-28(36)24-15(2)26(18-12-10-17(30)14-21(18)31)33-22-8-5-4-7-19(22)24/h4-5,7-8,10,12,14,16H,3,6,9,11,13H2,1-2H3,(H2,32,35)(H,34,36). The van der Waals surface area contributed by atoms with E-state index in [-0.39, 0.29) is 5.91 Å². The summed E-state index contributed by atoms with van der Waals surface area (Å²) in [6, 6.07) is 12.7. The Hall–Kier alpha value is -2.93. The minimum Gasteiger partial charge on any atom is -0.365 e. The van der Waals surface area contributed by atoms with Crippen LogP contribution in [0.3, 0.4) is 0 Å². The van der Waals surface area contributed by atoms with E-state index >= 15 is 0 Å². The lowest BCUT2D eigenvalue weighted by Crippen LogP contribution is -2.20. The molecule has 4 aromatic rings. The molecule has 0 radical (unpaired) electrons. The minimum absolute atomic E-state index is 0.311. The van der Waals surface area contributed by atoms with Crippen LogP contribution in [0.4, 0.5) is 5.00 Å². The fourth-order valence-corrected chi connectivity index (χ4v) is 7.23. The predicted octanol–water partition coefficient (Wildman–Crippen LogP) is 7.83. The number of fused-ring (bicyclic) bond motifs is 2. The normalized spacial score (nSPS) is 15.0. The number of carbonyl (C=O) groups excluding carboxylic acids is 2. The molecule has 0 saturated carbocycles. The van der Waals surface area contributed by atoms with Crippen molar-refractivity contribution in [3.05, 3.63) is 79.6 Å². The van der Waals surface area contributed by atoms with Crippen LogP contribution in [0.5, 0.6) is 0 Å². The lowest BCUT2D eigenvalue weighted by molar-refractivity contribution is 0.1000. The first-order valence-electron chi connectivity index (χ1n) is 12.4. The number of nitrogens with zero attached hydrogens (tertiary/aromatic N) is 1. The molecule has 1 atom stereocenters. The number of nitrogens with two attached hydrogens (primary N) is 1. The molecule has 5 nitrogen and oxygen atoms in total. The molecule has 0 saturated heterocycles. The van der Waals surface area contributed by atoms with Crippen molar-refractivity contribution in [2.75, 3.05) is 5.32 Å². The second-order valence-electron chi connectivity index (χ2n) is 9.53. The molecule has 5 rings (SSSR count). The van der Waals surface area contributed by atoms with Gasteiger partial charge in [0, 0.05) is 20.8 Å². The largest absolute Gasteiger partial charge is 0.365 e. The number of benzene rings is 2. The molecule has 2 heterocycles. The number of anilines is 1. The topological polar surface area (TPSA) is 85.1 Å². The van der Waals surface area contributed by atoms with Crippen molar-refractivity contribution in [2.24, 2.45) is 11.7 Å². The van der Waals surface area contributed by atoms with E-state index < -0.39 is 5.91 Å². The highest BCUT2D eigenvalue weighted by Crippen LogP contribution is 2.41. The number of primary amides is 1. The number of halogens is 2. The number of hydrogen-bond acceptors (Lipinski definition) is 4. The highest BCUT2D eigenvalue weighted by Gasteiger charge is 2.29. The van der Waals surface area contributed by atoms with Crippen molar-refractivity contribution >= 4 is 62.3 Å². The molecule has 190 valence electrons. The SMILES string of the molecule is CCCC1CCc2c(sc(NC(=O)c3c(C)c(-c4ccc(Cl)cc4Cl)nc4ccccc34)c2C(N)=O)C1. The average Bonchev–Trinajstić information content (AvgIpc) is 3.21. The molecular weight excluding hydrogens is 525 g/mol. The van der Waals surface area contributed by atoms with Crippen LogP contribution in [0.2, 0.25) is 10.0 Å². The summed E-state index contributed by atoms with van der Waals surface area (Å²) in [7, 11) is 0. The zero-order valence-corrected chi connectivity index (χ0v) is 23.0. The molecule has 2 amide bonds. The number of hydrogen-bond donors (Lipinski definition) is 2. The number of thiophene rings is 1. The van der Waals surface area contributed by atoms with E-state index in [0.717, 1.165) is 47.9 Å². The number of pyridine rings is 1. The van der Waals surface area contributed by atoms with Crippen LogP contribution >= 0.6 is 34.5 Å². The first-order valence-corrected chi connectivity index (χ1v) is 14.0. The lowest BCUT2D eigenvalue weighted by Gasteiger charge is -2.21. The number of aromatic nitrogens is 1. The number of para-hydroxylation sites is 1. The third kappa shape index (κ3) is 4.86. The zero-order chi connectivity index (χ0) is 26.3. The van der Waals surface area contributed by atoms with Gasteiger partial charge in [-0.05, 0) is 67.5 Å². The quantitative estimate of drug-likeness (QED) is 0.256. The first-order chi connectivity index (χ1) is 17.8. The summed E-state index contributed by atoms with van der Waals surface area (Å²) in [5.41, 5.74) is 10.4. The summed E-state index contributed by atoms with van der Waals surface area (Å²) in [6.45, 7) is 4.05. The van der Waals surface area contributed by atoms with Crippen LogP contribution in [0.15, 0.2) is 42.5 Å². The van der Waals surface area contributed by atoms with Crippen LogP contribution in [-0.2, 0) is 12.8 Å². The molecule has 2 aromatic heterocycles. The van der Waals surface area contributed by atoms with Gasteiger partial charge in [0.2, 0.25) is 0 Å². The Labute approximate surface area is 230 Å². The van der Waals surface area contributed by atoms with Crippen molar-refractivity contribution in [3.8, 4) is 11.3 Å². The van der Waals surface area contributed by atoms with Crippen LogP contribution in [0.25, 0.3) is 22.2 Å². The molecule has 1 aliphatic rings. The Kier molecular flexibility index (Phi) is 7.26. The van der Waals surface area contributed by atoms with Crippen molar-refractivity contribution < 1.29 is 9.59 Å². The number of amides is 2. The predicted molar refractivity (Wildman–Crippen MR) is 153 cm³/mol. The maximum atomic E-state index is 13.9. The van der Waals surface area contributed by atoms with Crippen molar-refractivity contribution in [3.63, 3.8) is 0 Å². The highest BCUT2D eigenvalue weighted by atomic mass is 35.5. The van der Waals surface area contributed by atoms with E-state index in [1.807, 2.05) is 37.3 Å². The maximum Gasteiger partial charge on any atom is 0.257 e. The van der Waals surface area contributed by atoms with E-state index in [1.54, 1.807) is 12.1 Å². The van der Waals surface area contributed by atoms with Gasteiger partial charge in [0.15, 0.2) is 0 Å². The maximum absolute atomic E-state index is 13.9. The summed E-state index contributed by atoms with van der Waals surface area (Å²) in [5.74, 6) is -0.223. The average molecular weight is 553 g/mol. The molecule has 1 aliphatic carbocycles. The third-order valence-electron chi connectivity index (χ3n) is 7.09. The second kappa shape index (κ2) is 10.4. The minimum atomic E-state index is -0.508. The Morgan fingerprint density at radius 1 is 1.16 bits per heavy atom. The van der Waals surface area contributed by atoms with E-state index in [4.69, 9.17) is 33.9 Å². The third-order valence-corrected chi connectivity index (χ3v) is 8.80. The monoisotopic (exact) mass is 551 g/mol.